The van der Waals surface area contributed by atoms with E-state index >= 15 is 0 Å². The molecule has 0 aliphatic rings. The number of para-hydroxylation sites is 1. The Morgan fingerprint density at radius 3 is 2.22 bits per heavy atom. The molecule has 0 bridgehead atoms. The molecule has 0 saturated carbocycles. The van der Waals surface area contributed by atoms with Crippen molar-refractivity contribution in [1.82, 2.24) is 0 Å². The van der Waals surface area contributed by atoms with Crippen molar-refractivity contribution in [3.8, 4) is 5.75 Å². The van der Waals surface area contributed by atoms with Crippen LogP contribution in [0.3, 0.4) is 0 Å². The molecule has 0 spiro atoms. The van der Waals surface area contributed by atoms with Gasteiger partial charge in [-0.05, 0) is 36.8 Å². The van der Waals surface area contributed by atoms with Crippen molar-refractivity contribution < 1.29 is 13.5 Å². The highest BCUT2D eigenvalue weighted by atomic mass is 19.1. The van der Waals surface area contributed by atoms with Crippen LogP contribution in [-0.2, 0) is 6.42 Å². The van der Waals surface area contributed by atoms with Crippen molar-refractivity contribution in [3.63, 3.8) is 0 Å². The Labute approximate surface area is 105 Å². The van der Waals surface area contributed by atoms with Crippen LogP contribution in [0.5, 0.6) is 5.75 Å². The second kappa shape index (κ2) is 5.63. The number of rotatable bonds is 4. The Bertz CT molecular complexity index is 500. The van der Waals surface area contributed by atoms with Crippen LogP contribution in [0.25, 0.3) is 0 Å². The summed E-state index contributed by atoms with van der Waals surface area (Å²) in [4.78, 5) is 0. The first kappa shape index (κ1) is 12.6. The molecule has 1 nitrogen and oxygen atoms in total. The molecule has 0 N–H and O–H groups in total. The zero-order valence-corrected chi connectivity index (χ0v) is 10.1. The highest BCUT2D eigenvalue weighted by Gasteiger charge is 2.06. The third kappa shape index (κ3) is 3.06. The van der Waals surface area contributed by atoms with E-state index < -0.39 is 11.6 Å². The molecule has 0 aliphatic carbocycles. The van der Waals surface area contributed by atoms with Gasteiger partial charge >= 0.3 is 0 Å². The molecule has 2 rings (SSSR count). The Morgan fingerprint density at radius 2 is 1.61 bits per heavy atom. The van der Waals surface area contributed by atoms with E-state index in [9.17, 15) is 8.78 Å². The molecule has 0 aromatic heterocycles. The van der Waals surface area contributed by atoms with Gasteiger partial charge in [0.15, 0.2) is 0 Å². The normalized spacial score (nSPS) is 10.4. The van der Waals surface area contributed by atoms with Crippen LogP contribution < -0.4 is 4.74 Å². The van der Waals surface area contributed by atoms with Crippen molar-refractivity contribution in [2.45, 2.75) is 13.3 Å². The quantitative estimate of drug-likeness (QED) is 0.797. The smallest absolute Gasteiger partial charge is 0.129 e. The minimum absolute atomic E-state index is 0.0581. The first-order chi connectivity index (χ1) is 8.66. The molecule has 18 heavy (non-hydrogen) atoms. The summed E-state index contributed by atoms with van der Waals surface area (Å²) in [6.07, 6.45) is 0.475. The van der Waals surface area contributed by atoms with Crippen LogP contribution in [0.1, 0.15) is 11.1 Å². The predicted octanol–water partition coefficient (Wildman–Crippen LogP) is 3.89. The highest BCUT2D eigenvalue weighted by molar-refractivity contribution is 5.25. The lowest BCUT2D eigenvalue weighted by atomic mass is 10.1. The lowest BCUT2D eigenvalue weighted by molar-refractivity contribution is 0.321. The van der Waals surface area contributed by atoms with E-state index in [4.69, 9.17) is 4.74 Å². The molecule has 0 unspecified atom stereocenters. The molecule has 3 heteroatoms. The molecule has 0 radical (unpaired) electrons. The largest absolute Gasteiger partial charge is 0.493 e. The molecule has 2 aromatic rings. The van der Waals surface area contributed by atoms with Gasteiger partial charge in [-0.3, -0.25) is 0 Å². The molecular weight excluding hydrogens is 234 g/mol. The van der Waals surface area contributed by atoms with Gasteiger partial charge in [-0.2, -0.15) is 0 Å². The highest BCUT2D eigenvalue weighted by Crippen LogP contribution is 2.15. The van der Waals surface area contributed by atoms with E-state index in [0.29, 0.717) is 18.6 Å². The van der Waals surface area contributed by atoms with Crippen molar-refractivity contribution in [2.24, 2.45) is 0 Å². The summed E-state index contributed by atoms with van der Waals surface area (Å²) in [6, 6.07) is 12.0. The van der Waals surface area contributed by atoms with Crippen LogP contribution in [0.4, 0.5) is 8.78 Å². The van der Waals surface area contributed by atoms with E-state index in [0.717, 1.165) is 5.75 Å². The number of ether oxygens (including phenoxy) is 1. The summed E-state index contributed by atoms with van der Waals surface area (Å²) in [5.74, 6) is -0.264. The standard InChI is InChI=1S/C15H14F2O/c1-11-14(16)9-12(10-15(11)17)7-8-18-13-5-3-2-4-6-13/h2-6,9-10H,7-8H2,1H3. The number of hydrogen-bond donors (Lipinski definition) is 0. The minimum Gasteiger partial charge on any atom is -0.493 e. The Morgan fingerprint density at radius 1 is 1.00 bits per heavy atom. The summed E-state index contributed by atoms with van der Waals surface area (Å²) in [5, 5.41) is 0. The molecule has 0 atom stereocenters. The van der Waals surface area contributed by atoms with E-state index in [1.807, 2.05) is 30.3 Å². The maximum absolute atomic E-state index is 13.3. The van der Waals surface area contributed by atoms with E-state index in [1.165, 1.54) is 19.1 Å². The van der Waals surface area contributed by atoms with Gasteiger partial charge in [0.05, 0.1) is 6.61 Å². The van der Waals surface area contributed by atoms with E-state index in [2.05, 4.69) is 0 Å². The summed E-state index contributed by atoms with van der Waals surface area (Å²) < 4.78 is 32.1. The number of hydrogen-bond acceptors (Lipinski definition) is 1. The first-order valence-electron chi connectivity index (χ1n) is 5.79. The third-order valence-corrected chi connectivity index (χ3v) is 2.74. The monoisotopic (exact) mass is 248 g/mol. The molecule has 94 valence electrons. The maximum atomic E-state index is 13.3. The number of benzene rings is 2. The second-order valence-electron chi connectivity index (χ2n) is 4.10. The summed E-state index contributed by atoms with van der Waals surface area (Å²) in [7, 11) is 0. The molecule has 2 aromatic carbocycles. The van der Waals surface area contributed by atoms with Crippen LogP contribution in [0.15, 0.2) is 42.5 Å². The van der Waals surface area contributed by atoms with Gasteiger partial charge in [0.25, 0.3) is 0 Å². The SMILES string of the molecule is Cc1c(F)cc(CCOc2ccccc2)cc1F. The molecule has 0 heterocycles. The van der Waals surface area contributed by atoms with Gasteiger partial charge in [0.2, 0.25) is 0 Å². The van der Waals surface area contributed by atoms with E-state index in [-0.39, 0.29) is 5.56 Å². The zero-order valence-electron chi connectivity index (χ0n) is 10.1. The molecule has 0 saturated heterocycles. The summed E-state index contributed by atoms with van der Waals surface area (Å²) >= 11 is 0. The molecule has 0 amide bonds. The zero-order chi connectivity index (χ0) is 13.0. The molecule has 0 fully saturated rings. The van der Waals surface area contributed by atoms with Crippen LogP contribution in [0, 0.1) is 18.6 Å². The fourth-order valence-corrected chi connectivity index (χ4v) is 1.65. The predicted molar refractivity (Wildman–Crippen MR) is 66.7 cm³/mol. The first-order valence-corrected chi connectivity index (χ1v) is 5.79. The van der Waals surface area contributed by atoms with Gasteiger partial charge in [0.1, 0.15) is 17.4 Å². The Hall–Kier alpha value is -1.90. The van der Waals surface area contributed by atoms with Crippen LogP contribution in [-0.4, -0.2) is 6.61 Å². The van der Waals surface area contributed by atoms with Gasteiger partial charge in [-0.25, -0.2) is 8.78 Å². The van der Waals surface area contributed by atoms with Gasteiger partial charge in [-0.1, -0.05) is 18.2 Å². The third-order valence-electron chi connectivity index (χ3n) is 2.74. The Kier molecular flexibility index (Phi) is 3.92. The van der Waals surface area contributed by atoms with Crippen molar-refractivity contribution >= 4 is 0 Å². The van der Waals surface area contributed by atoms with Crippen LogP contribution in [0.2, 0.25) is 0 Å². The number of halogens is 2. The summed E-state index contributed by atoms with van der Waals surface area (Å²) in [6.45, 7) is 1.82. The minimum atomic E-state index is -0.510. The Balaban J connectivity index is 1.95. The van der Waals surface area contributed by atoms with Crippen LogP contribution >= 0.6 is 0 Å². The molecule has 0 aliphatic heterocycles. The fraction of sp³-hybridized carbons (Fsp3) is 0.200. The lowest BCUT2D eigenvalue weighted by Crippen LogP contribution is -2.03. The van der Waals surface area contributed by atoms with Crippen molar-refractivity contribution in [2.75, 3.05) is 6.61 Å². The summed E-state index contributed by atoms with van der Waals surface area (Å²) in [5.41, 5.74) is 0.661. The lowest BCUT2D eigenvalue weighted by Gasteiger charge is -2.07. The van der Waals surface area contributed by atoms with Gasteiger partial charge in [0, 0.05) is 12.0 Å². The second-order valence-corrected chi connectivity index (χ2v) is 4.10. The topological polar surface area (TPSA) is 9.23 Å². The van der Waals surface area contributed by atoms with Gasteiger partial charge < -0.3 is 4.74 Å². The van der Waals surface area contributed by atoms with Crippen molar-refractivity contribution in [1.29, 1.82) is 0 Å². The van der Waals surface area contributed by atoms with Gasteiger partial charge in [-0.15, -0.1) is 0 Å². The average Bonchev–Trinajstić information content (AvgIpc) is 2.37. The molecular formula is C15H14F2O. The van der Waals surface area contributed by atoms with Crippen molar-refractivity contribution in [3.05, 3.63) is 65.2 Å². The fourth-order valence-electron chi connectivity index (χ4n) is 1.65. The average molecular weight is 248 g/mol. The van der Waals surface area contributed by atoms with E-state index in [1.54, 1.807) is 0 Å². The maximum Gasteiger partial charge on any atom is 0.129 e.